The van der Waals surface area contributed by atoms with E-state index in [1.165, 1.54) is 12.8 Å². The molecule has 2 amide bonds. The number of rotatable bonds is 12. The van der Waals surface area contributed by atoms with Gasteiger partial charge in [0.1, 0.15) is 13.2 Å². The lowest BCUT2D eigenvalue weighted by molar-refractivity contribution is -0.141. The molecule has 2 atom stereocenters. The predicted octanol–water partition coefficient (Wildman–Crippen LogP) is 3.49. The maximum Gasteiger partial charge on any atom is 0.248 e. The number of fused-ring (bicyclic) bond motifs is 1. The van der Waals surface area contributed by atoms with Gasteiger partial charge >= 0.3 is 0 Å². The van der Waals surface area contributed by atoms with Gasteiger partial charge in [-0.05, 0) is 50.3 Å². The molecule has 44 heavy (non-hydrogen) atoms. The summed E-state index contributed by atoms with van der Waals surface area (Å²) in [6.07, 6.45) is 10.5. The Balaban J connectivity index is 0.927. The Morgan fingerprint density at radius 1 is 1.09 bits per heavy atom. The summed E-state index contributed by atoms with van der Waals surface area (Å²) in [4.78, 5) is 40.1. The van der Waals surface area contributed by atoms with Gasteiger partial charge < -0.3 is 29.7 Å². The number of anilines is 1. The highest BCUT2D eigenvalue weighted by Gasteiger charge is 2.42. The quantitative estimate of drug-likeness (QED) is 0.340. The van der Waals surface area contributed by atoms with Gasteiger partial charge in [-0.25, -0.2) is 9.97 Å². The molecule has 12 heteroatoms. The van der Waals surface area contributed by atoms with Crippen molar-refractivity contribution in [2.75, 3.05) is 51.9 Å². The van der Waals surface area contributed by atoms with Crippen LogP contribution in [0.4, 0.5) is 5.69 Å². The minimum Gasteiger partial charge on any atom is -0.382 e. The second kappa shape index (κ2) is 14.6. The van der Waals surface area contributed by atoms with Crippen molar-refractivity contribution in [3.8, 4) is 11.1 Å². The van der Waals surface area contributed by atoms with Crippen LogP contribution in [0.1, 0.15) is 51.3 Å². The third kappa shape index (κ3) is 7.54. The van der Waals surface area contributed by atoms with E-state index < -0.39 is 0 Å². The van der Waals surface area contributed by atoms with E-state index in [9.17, 15) is 9.59 Å². The van der Waals surface area contributed by atoms with Crippen LogP contribution in [0.15, 0.2) is 35.5 Å². The Hall–Kier alpha value is -2.77. The Bertz CT molecular complexity index is 1290. The van der Waals surface area contributed by atoms with Crippen LogP contribution in [0, 0.1) is 5.92 Å². The van der Waals surface area contributed by atoms with Gasteiger partial charge in [-0.1, -0.05) is 30.7 Å². The van der Waals surface area contributed by atoms with E-state index in [4.69, 9.17) is 14.2 Å². The number of benzene rings is 1. The molecule has 6 rings (SSSR count). The summed E-state index contributed by atoms with van der Waals surface area (Å²) >= 11 is 1.62. The molecule has 1 aromatic carbocycles. The number of carbonyl (C=O) groups excluding carboxylic acids is 2. The van der Waals surface area contributed by atoms with E-state index >= 15 is 0 Å². The van der Waals surface area contributed by atoms with Crippen LogP contribution < -0.4 is 10.6 Å². The van der Waals surface area contributed by atoms with Gasteiger partial charge in [0.15, 0.2) is 11.3 Å². The van der Waals surface area contributed by atoms with Gasteiger partial charge in [-0.3, -0.25) is 14.5 Å². The van der Waals surface area contributed by atoms with Gasteiger partial charge in [-0.2, -0.15) is 0 Å². The molecule has 2 aliphatic carbocycles. The smallest absolute Gasteiger partial charge is 0.248 e. The number of amides is 2. The molecule has 4 aliphatic rings. The van der Waals surface area contributed by atoms with Gasteiger partial charge in [-0.15, -0.1) is 0 Å². The van der Waals surface area contributed by atoms with Crippen molar-refractivity contribution in [3.63, 3.8) is 0 Å². The highest BCUT2D eigenvalue weighted by molar-refractivity contribution is 8.00. The average molecular weight is 625 g/mol. The first-order valence-corrected chi connectivity index (χ1v) is 16.8. The van der Waals surface area contributed by atoms with E-state index in [1.54, 1.807) is 18.9 Å². The first-order valence-electron chi connectivity index (χ1n) is 15.9. The van der Waals surface area contributed by atoms with E-state index in [1.807, 2.05) is 17.3 Å². The van der Waals surface area contributed by atoms with Crippen molar-refractivity contribution in [1.29, 1.82) is 0 Å². The molecule has 0 spiro atoms. The fraction of sp³-hybridized carbons (Fsp3) is 0.625. The van der Waals surface area contributed by atoms with Crippen LogP contribution >= 0.6 is 11.8 Å². The zero-order valence-electron chi connectivity index (χ0n) is 25.7. The Morgan fingerprint density at radius 3 is 2.64 bits per heavy atom. The molecular formula is C32H44N6O5S. The number of hydrogen-bond donors (Lipinski definition) is 2. The fourth-order valence-electron chi connectivity index (χ4n) is 6.56. The molecule has 2 unspecified atom stereocenters. The molecule has 1 saturated heterocycles. The molecule has 0 bridgehead atoms. The average Bonchev–Trinajstić information content (AvgIpc) is 3.67. The summed E-state index contributed by atoms with van der Waals surface area (Å²) in [5, 5.41) is 6.63. The first-order chi connectivity index (χ1) is 21.5. The summed E-state index contributed by atoms with van der Waals surface area (Å²) in [5.74, 6) is 0.846. The molecule has 2 aromatic rings. The topological polar surface area (TPSA) is 118 Å². The third-order valence-electron chi connectivity index (χ3n) is 9.22. The van der Waals surface area contributed by atoms with Crippen molar-refractivity contribution in [1.82, 2.24) is 25.1 Å². The minimum atomic E-state index is -0.197. The second-order valence-corrected chi connectivity index (χ2v) is 13.4. The normalized spacial score (nSPS) is 25.4. The Labute approximate surface area is 263 Å². The van der Waals surface area contributed by atoms with Crippen LogP contribution in [-0.4, -0.2) is 102 Å². The molecular weight excluding hydrogens is 580 g/mol. The van der Waals surface area contributed by atoms with Crippen molar-refractivity contribution in [3.05, 3.63) is 36.4 Å². The van der Waals surface area contributed by atoms with Crippen LogP contribution in [-0.2, 0) is 30.4 Å². The van der Waals surface area contributed by atoms with Crippen LogP contribution in [0.3, 0.4) is 0 Å². The Morgan fingerprint density at radius 2 is 1.89 bits per heavy atom. The van der Waals surface area contributed by atoms with Crippen molar-refractivity contribution in [2.45, 2.75) is 80.6 Å². The lowest BCUT2D eigenvalue weighted by atomic mass is 9.78. The number of piperazine rings is 1. The number of ether oxygens (including phenoxy) is 3. The van der Waals surface area contributed by atoms with Crippen LogP contribution in [0.2, 0.25) is 0 Å². The van der Waals surface area contributed by atoms with E-state index in [0.717, 1.165) is 53.9 Å². The molecule has 238 valence electrons. The monoisotopic (exact) mass is 624 g/mol. The third-order valence-corrected chi connectivity index (χ3v) is 10.3. The number of thioether (sulfide) groups is 1. The molecule has 2 saturated carbocycles. The summed E-state index contributed by atoms with van der Waals surface area (Å²) in [5.41, 5.74) is 2.83. The standard InChI is InChI=1S/C32H44N6O5S/c1-21-18-37(30(39)20-42-12-11-41-2)9-10-38(21)25-13-23(14-25)31(40)36-32-35-27-8-7-22(15-28(27)44-32)24-16-33-29(34-17-24)19-43-26-5-3-4-6-26/h7-8,15-17,21,23,25-26,32,35H,3-6,9-14,18-20H2,1-2H3,(H,36,40). The molecule has 2 aliphatic heterocycles. The van der Waals surface area contributed by atoms with E-state index in [0.29, 0.717) is 50.9 Å². The van der Waals surface area contributed by atoms with Gasteiger partial charge in [0.2, 0.25) is 11.8 Å². The van der Waals surface area contributed by atoms with Gasteiger partial charge in [0.05, 0.1) is 25.0 Å². The van der Waals surface area contributed by atoms with Gasteiger partial charge in [0.25, 0.3) is 0 Å². The highest BCUT2D eigenvalue weighted by atomic mass is 32.2. The molecule has 0 radical (unpaired) electrons. The molecule has 1 aromatic heterocycles. The number of methoxy groups -OCH3 is 1. The first kappa shape index (κ1) is 31.2. The zero-order valence-corrected chi connectivity index (χ0v) is 26.5. The molecule has 2 N–H and O–H groups in total. The van der Waals surface area contributed by atoms with Crippen molar-refractivity contribution >= 4 is 29.3 Å². The lowest BCUT2D eigenvalue weighted by Crippen LogP contribution is -2.61. The van der Waals surface area contributed by atoms with Crippen LogP contribution in [0.25, 0.3) is 11.1 Å². The maximum absolute atomic E-state index is 13.1. The Kier molecular flexibility index (Phi) is 10.3. The number of nitrogens with zero attached hydrogens (tertiary/aromatic N) is 4. The second-order valence-electron chi connectivity index (χ2n) is 12.3. The SMILES string of the molecule is COCCOCC(=O)N1CCN(C2CC(C(=O)NC3Nc4ccc(-c5cnc(COC6CCCC6)nc5)cc4S3)C2)C(C)C1. The summed E-state index contributed by atoms with van der Waals surface area (Å²) in [6, 6.07) is 6.87. The lowest BCUT2D eigenvalue weighted by Gasteiger charge is -2.49. The van der Waals surface area contributed by atoms with Gasteiger partial charge in [0, 0.05) is 67.6 Å². The van der Waals surface area contributed by atoms with E-state index in [2.05, 4.69) is 50.6 Å². The molecule has 3 fully saturated rings. The molecule has 11 nitrogen and oxygen atoms in total. The summed E-state index contributed by atoms with van der Waals surface area (Å²) in [7, 11) is 1.62. The predicted molar refractivity (Wildman–Crippen MR) is 168 cm³/mol. The number of carbonyl (C=O) groups is 2. The minimum absolute atomic E-state index is 0.0102. The fourth-order valence-corrected chi connectivity index (χ4v) is 7.62. The van der Waals surface area contributed by atoms with E-state index in [-0.39, 0.29) is 35.9 Å². The number of nitrogens with one attached hydrogen (secondary N) is 2. The maximum atomic E-state index is 13.1. The highest BCUT2D eigenvalue weighted by Crippen LogP contribution is 2.41. The summed E-state index contributed by atoms with van der Waals surface area (Å²) in [6.45, 7) is 5.83. The van der Waals surface area contributed by atoms with Crippen LogP contribution in [0.5, 0.6) is 0 Å². The van der Waals surface area contributed by atoms with Crippen molar-refractivity contribution in [2.24, 2.45) is 5.92 Å². The summed E-state index contributed by atoms with van der Waals surface area (Å²) < 4.78 is 16.3. The number of hydrogen-bond acceptors (Lipinski definition) is 10. The number of aromatic nitrogens is 2. The largest absolute Gasteiger partial charge is 0.382 e. The molecule has 3 heterocycles. The zero-order chi connectivity index (χ0) is 30.5. The van der Waals surface area contributed by atoms with Crippen molar-refractivity contribution < 1.29 is 23.8 Å².